The number of aromatic nitrogens is 1. The van der Waals surface area contributed by atoms with Gasteiger partial charge in [-0.2, -0.15) is 0 Å². The molecule has 0 amide bonds. The Labute approximate surface area is 107 Å². The Kier molecular flexibility index (Phi) is 3.99. The summed E-state index contributed by atoms with van der Waals surface area (Å²) in [6, 6.07) is 8.32. The molecule has 0 atom stereocenters. The molecule has 0 bridgehead atoms. The lowest BCUT2D eigenvalue weighted by molar-refractivity contribution is -0.140. The van der Waals surface area contributed by atoms with Gasteiger partial charge in [-0.05, 0) is 24.1 Å². The van der Waals surface area contributed by atoms with E-state index in [1.54, 1.807) is 0 Å². The minimum absolute atomic E-state index is 0.178. The third-order valence-corrected chi connectivity index (χ3v) is 3.02. The van der Waals surface area contributed by atoms with Crippen molar-refractivity contribution in [3.05, 3.63) is 36.0 Å². The molecular weight excluding hydrogens is 228 g/mol. The van der Waals surface area contributed by atoms with Crippen molar-refractivity contribution in [1.29, 1.82) is 0 Å². The van der Waals surface area contributed by atoms with E-state index in [4.69, 9.17) is 0 Å². The van der Waals surface area contributed by atoms with Gasteiger partial charge in [-0.3, -0.25) is 4.79 Å². The highest BCUT2D eigenvalue weighted by Crippen LogP contribution is 2.20. The molecule has 0 aliphatic carbocycles. The molecule has 1 heterocycles. The van der Waals surface area contributed by atoms with Crippen LogP contribution in [0.25, 0.3) is 10.9 Å². The van der Waals surface area contributed by atoms with Gasteiger partial charge in [0.2, 0.25) is 0 Å². The van der Waals surface area contributed by atoms with Gasteiger partial charge in [0.25, 0.3) is 0 Å². The predicted octanol–water partition coefficient (Wildman–Crippen LogP) is 1.92. The summed E-state index contributed by atoms with van der Waals surface area (Å²) in [5.41, 5.74) is 2.43. The van der Waals surface area contributed by atoms with Crippen LogP contribution in [0.3, 0.4) is 0 Å². The maximum Gasteiger partial charge on any atom is 0.307 e. The smallest absolute Gasteiger partial charge is 0.307 e. The van der Waals surface area contributed by atoms with Crippen LogP contribution in [-0.4, -0.2) is 24.7 Å². The van der Waals surface area contributed by atoms with Gasteiger partial charge >= 0.3 is 5.97 Å². The average molecular weight is 246 g/mol. The van der Waals surface area contributed by atoms with Crippen LogP contribution in [0.1, 0.15) is 12.0 Å². The number of benzene rings is 1. The number of aryl methyl sites for hydroxylation is 1. The van der Waals surface area contributed by atoms with Gasteiger partial charge < -0.3 is 14.6 Å². The van der Waals surface area contributed by atoms with E-state index in [2.05, 4.69) is 38.9 Å². The number of carbonyl (C=O) groups excluding carboxylic acids is 1. The first-order valence-corrected chi connectivity index (χ1v) is 6.04. The third-order valence-electron chi connectivity index (χ3n) is 3.02. The Morgan fingerprint density at radius 2 is 2.22 bits per heavy atom. The number of rotatable bonds is 5. The van der Waals surface area contributed by atoms with Gasteiger partial charge in [-0.15, -0.1) is 0 Å². The zero-order valence-corrected chi connectivity index (χ0v) is 10.8. The number of nitrogens with one attached hydrogen (secondary N) is 1. The maximum absolute atomic E-state index is 11.2. The SMILES string of the molecule is CNCc1cccc2ccn(CCC(=O)OC)c12. The summed E-state index contributed by atoms with van der Waals surface area (Å²) in [7, 11) is 3.35. The zero-order chi connectivity index (χ0) is 13.0. The van der Waals surface area contributed by atoms with E-state index in [9.17, 15) is 4.79 Å². The van der Waals surface area contributed by atoms with E-state index in [1.807, 2.05) is 13.2 Å². The highest BCUT2D eigenvalue weighted by Gasteiger charge is 2.07. The summed E-state index contributed by atoms with van der Waals surface area (Å²) in [5.74, 6) is -0.178. The molecule has 4 nitrogen and oxygen atoms in total. The quantitative estimate of drug-likeness (QED) is 0.820. The molecule has 18 heavy (non-hydrogen) atoms. The topological polar surface area (TPSA) is 43.3 Å². The van der Waals surface area contributed by atoms with Gasteiger partial charge in [0.15, 0.2) is 0 Å². The van der Waals surface area contributed by atoms with Crippen molar-refractivity contribution in [2.24, 2.45) is 0 Å². The van der Waals surface area contributed by atoms with Gasteiger partial charge in [0.05, 0.1) is 19.0 Å². The molecule has 2 rings (SSSR count). The van der Waals surface area contributed by atoms with E-state index in [0.717, 1.165) is 6.54 Å². The molecule has 0 spiro atoms. The van der Waals surface area contributed by atoms with Gasteiger partial charge in [0, 0.05) is 19.3 Å². The zero-order valence-electron chi connectivity index (χ0n) is 10.8. The van der Waals surface area contributed by atoms with Crippen molar-refractivity contribution in [2.75, 3.05) is 14.2 Å². The van der Waals surface area contributed by atoms with Crippen molar-refractivity contribution < 1.29 is 9.53 Å². The fourth-order valence-electron chi connectivity index (χ4n) is 2.17. The van der Waals surface area contributed by atoms with Crippen molar-refractivity contribution in [3.63, 3.8) is 0 Å². The predicted molar refractivity (Wildman–Crippen MR) is 71.3 cm³/mol. The van der Waals surface area contributed by atoms with Crippen LogP contribution >= 0.6 is 0 Å². The molecule has 4 heteroatoms. The lowest BCUT2D eigenvalue weighted by Crippen LogP contribution is -2.09. The Morgan fingerprint density at radius 1 is 1.39 bits per heavy atom. The number of fused-ring (bicyclic) bond motifs is 1. The lowest BCUT2D eigenvalue weighted by atomic mass is 10.1. The molecule has 1 aromatic heterocycles. The second-order valence-corrected chi connectivity index (χ2v) is 4.22. The van der Waals surface area contributed by atoms with Crippen molar-refractivity contribution in [2.45, 2.75) is 19.5 Å². The molecule has 0 aliphatic heterocycles. The summed E-state index contributed by atoms with van der Waals surface area (Å²) in [6.45, 7) is 1.47. The second kappa shape index (κ2) is 5.69. The summed E-state index contributed by atoms with van der Waals surface area (Å²) >= 11 is 0. The fraction of sp³-hybridized carbons (Fsp3) is 0.357. The van der Waals surface area contributed by atoms with Crippen molar-refractivity contribution >= 4 is 16.9 Å². The second-order valence-electron chi connectivity index (χ2n) is 4.22. The first kappa shape index (κ1) is 12.6. The molecular formula is C14H18N2O2. The van der Waals surface area contributed by atoms with Crippen LogP contribution in [0.15, 0.2) is 30.5 Å². The Hall–Kier alpha value is -1.81. The minimum atomic E-state index is -0.178. The minimum Gasteiger partial charge on any atom is -0.469 e. The number of ether oxygens (including phenoxy) is 1. The van der Waals surface area contributed by atoms with Gasteiger partial charge in [-0.25, -0.2) is 0 Å². The normalized spacial score (nSPS) is 10.8. The Balaban J connectivity index is 2.30. The number of hydrogen-bond acceptors (Lipinski definition) is 3. The van der Waals surface area contributed by atoms with Crippen LogP contribution in [0, 0.1) is 0 Å². The van der Waals surface area contributed by atoms with Crippen LogP contribution in [0.5, 0.6) is 0 Å². The largest absolute Gasteiger partial charge is 0.469 e. The molecule has 96 valence electrons. The van der Waals surface area contributed by atoms with Crippen LogP contribution in [0.4, 0.5) is 0 Å². The Bertz CT molecular complexity index is 546. The van der Waals surface area contributed by atoms with E-state index in [-0.39, 0.29) is 5.97 Å². The van der Waals surface area contributed by atoms with Crippen molar-refractivity contribution in [3.8, 4) is 0 Å². The first-order chi connectivity index (χ1) is 8.76. The number of esters is 1. The molecule has 0 radical (unpaired) electrons. The van der Waals surface area contributed by atoms with E-state index >= 15 is 0 Å². The highest BCUT2D eigenvalue weighted by molar-refractivity contribution is 5.83. The van der Waals surface area contributed by atoms with Crippen molar-refractivity contribution in [1.82, 2.24) is 9.88 Å². The molecule has 0 aliphatic rings. The number of carbonyl (C=O) groups is 1. The third kappa shape index (κ3) is 2.54. The number of methoxy groups -OCH3 is 1. The standard InChI is InChI=1S/C14H18N2O2/c1-15-10-12-5-3-4-11-6-8-16(14(11)12)9-7-13(17)18-2/h3-6,8,15H,7,9-10H2,1-2H3. The summed E-state index contributed by atoms with van der Waals surface area (Å²) in [4.78, 5) is 11.2. The van der Waals surface area contributed by atoms with E-state index in [0.29, 0.717) is 13.0 Å². The van der Waals surface area contributed by atoms with E-state index in [1.165, 1.54) is 23.6 Å². The first-order valence-electron chi connectivity index (χ1n) is 6.04. The molecule has 0 unspecified atom stereocenters. The molecule has 1 N–H and O–H groups in total. The maximum atomic E-state index is 11.2. The number of nitrogens with zero attached hydrogens (tertiary/aromatic N) is 1. The molecule has 0 saturated heterocycles. The molecule has 1 aromatic carbocycles. The monoisotopic (exact) mass is 246 g/mol. The Morgan fingerprint density at radius 3 is 2.94 bits per heavy atom. The average Bonchev–Trinajstić information content (AvgIpc) is 2.80. The summed E-state index contributed by atoms with van der Waals surface area (Å²) in [5, 5.41) is 4.37. The van der Waals surface area contributed by atoms with Gasteiger partial charge in [0.1, 0.15) is 0 Å². The van der Waals surface area contributed by atoms with Crippen LogP contribution < -0.4 is 5.32 Å². The number of para-hydroxylation sites is 1. The lowest BCUT2D eigenvalue weighted by Gasteiger charge is -2.09. The molecule has 0 saturated carbocycles. The summed E-state index contributed by atoms with van der Waals surface area (Å²) in [6.07, 6.45) is 2.42. The summed E-state index contributed by atoms with van der Waals surface area (Å²) < 4.78 is 6.78. The number of hydrogen-bond donors (Lipinski definition) is 1. The highest BCUT2D eigenvalue weighted by atomic mass is 16.5. The fourth-order valence-corrected chi connectivity index (χ4v) is 2.17. The molecule has 2 aromatic rings. The van der Waals surface area contributed by atoms with Crippen LogP contribution in [-0.2, 0) is 22.6 Å². The van der Waals surface area contributed by atoms with Crippen LogP contribution in [0.2, 0.25) is 0 Å². The van der Waals surface area contributed by atoms with Gasteiger partial charge in [-0.1, -0.05) is 18.2 Å². The molecule has 0 fully saturated rings. The van der Waals surface area contributed by atoms with E-state index < -0.39 is 0 Å².